The third-order valence-electron chi connectivity index (χ3n) is 4.05. The molecule has 114 valence electrons. The van der Waals surface area contributed by atoms with Crippen LogP contribution in [-0.2, 0) is 0 Å². The molecule has 4 rings (SSSR count). The van der Waals surface area contributed by atoms with Gasteiger partial charge in [-0.15, -0.1) is 0 Å². The number of pyridine rings is 1. The number of rotatable bonds is 3. The molecule has 0 saturated heterocycles. The molecule has 0 unspecified atom stereocenters. The van der Waals surface area contributed by atoms with E-state index in [1.807, 2.05) is 54.6 Å². The first kappa shape index (κ1) is 14.3. The Morgan fingerprint density at radius 3 is 2.33 bits per heavy atom. The Morgan fingerprint density at radius 1 is 0.750 bits per heavy atom. The number of fused-ring (bicyclic) bond motifs is 2. The summed E-state index contributed by atoms with van der Waals surface area (Å²) >= 11 is 0. The molecule has 2 heteroatoms. The fraction of sp³-hybridized carbons (Fsp3) is 0. The lowest BCUT2D eigenvalue weighted by Gasteiger charge is -2.00. The molecule has 0 aliphatic carbocycles. The number of para-hydroxylation sites is 1. The van der Waals surface area contributed by atoms with Gasteiger partial charge in [-0.3, -0.25) is 4.79 Å². The van der Waals surface area contributed by atoms with Gasteiger partial charge in [-0.1, -0.05) is 66.7 Å². The summed E-state index contributed by atoms with van der Waals surface area (Å²) < 4.78 is 0. The van der Waals surface area contributed by atoms with Crippen LogP contribution in [0.15, 0.2) is 84.9 Å². The highest BCUT2D eigenvalue weighted by Crippen LogP contribution is 2.17. The van der Waals surface area contributed by atoms with Crippen LogP contribution in [0.1, 0.15) is 16.1 Å². The van der Waals surface area contributed by atoms with Crippen LogP contribution in [0.25, 0.3) is 27.8 Å². The van der Waals surface area contributed by atoms with Gasteiger partial charge >= 0.3 is 0 Å². The highest BCUT2D eigenvalue weighted by molar-refractivity contribution is 6.06. The Bertz CT molecular complexity index is 1080. The van der Waals surface area contributed by atoms with E-state index in [1.165, 1.54) is 5.39 Å². The molecule has 0 saturated carbocycles. The first-order valence-electron chi connectivity index (χ1n) is 7.87. The monoisotopic (exact) mass is 309 g/mol. The standard InChI is InChI=1S/C22H15NO/c24-22(21-13-12-18-6-3-4-8-20(18)23-21)14-10-16-9-11-17-5-1-2-7-19(17)15-16/h1-15H. The molecule has 0 N–H and O–H groups in total. The lowest BCUT2D eigenvalue weighted by Crippen LogP contribution is -1.98. The molecule has 1 aromatic heterocycles. The Hall–Kier alpha value is -3.26. The van der Waals surface area contributed by atoms with E-state index in [0.29, 0.717) is 5.69 Å². The van der Waals surface area contributed by atoms with Crippen LogP contribution in [0, 0.1) is 0 Å². The summed E-state index contributed by atoms with van der Waals surface area (Å²) in [5.41, 5.74) is 2.30. The van der Waals surface area contributed by atoms with Gasteiger partial charge in [-0.25, -0.2) is 4.98 Å². The summed E-state index contributed by atoms with van der Waals surface area (Å²) in [4.78, 5) is 16.8. The van der Waals surface area contributed by atoms with Crippen molar-refractivity contribution in [3.05, 3.63) is 96.2 Å². The van der Waals surface area contributed by atoms with Crippen molar-refractivity contribution >= 4 is 33.5 Å². The van der Waals surface area contributed by atoms with Crippen LogP contribution in [0.3, 0.4) is 0 Å². The SMILES string of the molecule is O=C(C=Cc1ccc2ccccc2c1)c1ccc2ccccc2n1. The normalized spacial score (nSPS) is 11.3. The number of nitrogens with zero attached hydrogens (tertiary/aromatic N) is 1. The number of aromatic nitrogens is 1. The van der Waals surface area contributed by atoms with E-state index < -0.39 is 0 Å². The summed E-state index contributed by atoms with van der Waals surface area (Å²) in [6.07, 6.45) is 3.42. The molecule has 0 spiro atoms. The highest BCUT2D eigenvalue weighted by atomic mass is 16.1. The number of carbonyl (C=O) groups is 1. The van der Waals surface area contributed by atoms with Crippen LogP contribution in [0.5, 0.6) is 0 Å². The number of hydrogen-bond donors (Lipinski definition) is 0. The molecule has 3 aromatic carbocycles. The van der Waals surface area contributed by atoms with Crippen molar-refractivity contribution in [1.82, 2.24) is 4.98 Å². The Labute approximate surface area is 140 Å². The molecule has 0 amide bonds. The molecule has 0 bridgehead atoms. The van der Waals surface area contributed by atoms with Crippen molar-refractivity contribution in [2.75, 3.05) is 0 Å². The molecule has 0 fully saturated rings. The smallest absolute Gasteiger partial charge is 0.204 e. The molecule has 0 radical (unpaired) electrons. The van der Waals surface area contributed by atoms with E-state index in [9.17, 15) is 4.79 Å². The molecule has 0 aliphatic rings. The van der Waals surface area contributed by atoms with Crippen molar-refractivity contribution < 1.29 is 4.79 Å². The summed E-state index contributed by atoms with van der Waals surface area (Å²) in [5, 5.41) is 3.39. The lowest BCUT2D eigenvalue weighted by atomic mass is 10.1. The van der Waals surface area contributed by atoms with Gasteiger partial charge in [0.1, 0.15) is 5.69 Å². The largest absolute Gasteiger partial charge is 0.288 e. The maximum absolute atomic E-state index is 12.4. The quantitative estimate of drug-likeness (QED) is 0.380. The van der Waals surface area contributed by atoms with Gasteiger partial charge in [-0.05, 0) is 40.6 Å². The molecular weight excluding hydrogens is 294 g/mol. The average Bonchev–Trinajstić information content (AvgIpc) is 2.65. The molecular formula is C22H15NO. The second-order valence-corrected chi connectivity index (χ2v) is 5.69. The third kappa shape index (κ3) is 2.82. The van der Waals surface area contributed by atoms with Crippen LogP contribution in [0.2, 0.25) is 0 Å². The first-order chi connectivity index (χ1) is 11.8. The minimum atomic E-state index is -0.0890. The topological polar surface area (TPSA) is 30.0 Å². The zero-order valence-corrected chi connectivity index (χ0v) is 13.0. The average molecular weight is 309 g/mol. The minimum Gasteiger partial charge on any atom is -0.288 e. The van der Waals surface area contributed by atoms with Gasteiger partial charge in [0, 0.05) is 5.39 Å². The van der Waals surface area contributed by atoms with Crippen molar-refractivity contribution in [2.24, 2.45) is 0 Å². The minimum absolute atomic E-state index is 0.0890. The maximum Gasteiger partial charge on any atom is 0.204 e. The van der Waals surface area contributed by atoms with Crippen molar-refractivity contribution in [2.45, 2.75) is 0 Å². The molecule has 2 nitrogen and oxygen atoms in total. The van der Waals surface area contributed by atoms with E-state index in [4.69, 9.17) is 0 Å². The zero-order chi connectivity index (χ0) is 16.4. The van der Waals surface area contributed by atoms with E-state index in [0.717, 1.165) is 21.9 Å². The second-order valence-electron chi connectivity index (χ2n) is 5.69. The molecule has 1 heterocycles. The molecule has 0 atom stereocenters. The Balaban J connectivity index is 1.62. The highest BCUT2D eigenvalue weighted by Gasteiger charge is 2.04. The lowest BCUT2D eigenvalue weighted by molar-refractivity contribution is 0.104. The maximum atomic E-state index is 12.4. The number of ketones is 1. The Kier molecular flexibility index (Phi) is 3.64. The van der Waals surface area contributed by atoms with E-state index in [-0.39, 0.29) is 5.78 Å². The second kappa shape index (κ2) is 6.09. The predicted molar refractivity (Wildman–Crippen MR) is 99.1 cm³/mol. The number of hydrogen-bond acceptors (Lipinski definition) is 2. The Morgan fingerprint density at radius 2 is 1.46 bits per heavy atom. The van der Waals surface area contributed by atoms with Crippen LogP contribution >= 0.6 is 0 Å². The van der Waals surface area contributed by atoms with Gasteiger partial charge in [0.2, 0.25) is 5.78 Å². The van der Waals surface area contributed by atoms with E-state index in [2.05, 4.69) is 29.2 Å². The summed E-state index contributed by atoms with van der Waals surface area (Å²) in [6, 6.07) is 25.8. The third-order valence-corrected chi connectivity index (χ3v) is 4.05. The summed E-state index contributed by atoms with van der Waals surface area (Å²) in [6.45, 7) is 0. The van der Waals surface area contributed by atoms with Gasteiger partial charge in [0.15, 0.2) is 0 Å². The van der Waals surface area contributed by atoms with Gasteiger partial charge in [0.25, 0.3) is 0 Å². The van der Waals surface area contributed by atoms with Crippen LogP contribution in [0.4, 0.5) is 0 Å². The van der Waals surface area contributed by atoms with Crippen molar-refractivity contribution in [3.8, 4) is 0 Å². The number of carbonyl (C=O) groups excluding carboxylic acids is 1. The van der Waals surface area contributed by atoms with Gasteiger partial charge in [0.05, 0.1) is 5.52 Å². The van der Waals surface area contributed by atoms with Crippen LogP contribution < -0.4 is 0 Å². The van der Waals surface area contributed by atoms with Crippen molar-refractivity contribution in [1.29, 1.82) is 0 Å². The van der Waals surface area contributed by atoms with Gasteiger partial charge < -0.3 is 0 Å². The van der Waals surface area contributed by atoms with Crippen LogP contribution in [-0.4, -0.2) is 10.8 Å². The fourth-order valence-electron chi connectivity index (χ4n) is 2.77. The van der Waals surface area contributed by atoms with Crippen molar-refractivity contribution in [3.63, 3.8) is 0 Å². The molecule has 4 aromatic rings. The number of benzene rings is 3. The summed E-state index contributed by atoms with van der Waals surface area (Å²) in [5.74, 6) is -0.0890. The zero-order valence-electron chi connectivity index (χ0n) is 13.0. The molecule has 24 heavy (non-hydrogen) atoms. The van der Waals surface area contributed by atoms with E-state index in [1.54, 1.807) is 12.1 Å². The number of allylic oxidation sites excluding steroid dienone is 1. The van der Waals surface area contributed by atoms with E-state index >= 15 is 0 Å². The predicted octanol–water partition coefficient (Wildman–Crippen LogP) is 5.28. The summed E-state index contributed by atoms with van der Waals surface area (Å²) in [7, 11) is 0. The van der Waals surface area contributed by atoms with Gasteiger partial charge in [-0.2, -0.15) is 0 Å². The molecule has 0 aliphatic heterocycles. The fourth-order valence-corrected chi connectivity index (χ4v) is 2.77. The first-order valence-corrected chi connectivity index (χ1v) is 7.87.